The van der Waals surface area contributed by atoms with Crippen LogP contribution in [0, 0.1) is 0 Å². The monoisotopic (exact) mass is 271 g/mol. The highest BCUT2D eigenvalue weighted by Gasteiger charge is 2.06. The molecule has 104 valence electrons. The Balaban J connectivity index is 1.93. The Bertz CT molecular complexity index is 565. The molecule has 0 aliphatic rings. The molecule has 0 bridgehead atoms. The summed E-state index contributed by atoms with van der Waals surface area (Å²) in [5.41, 5.74) is 2.28. The van der Waals surface area contributed by atoms with E-state index in [1.807, 2.05) is 30.3 Å². The van der Waals surface area contributed by atoms with E-state index in [1.54, 1.807) is 26.4 Å². The van der Waals surface area contributed by atoms with Crippen LogP contribution < -0.4 is 15.4 Å². The zero-order chi connectivity index (χ0) is 14.4. The Hall–Kier alpha value is -2.56. The van der Waals surface area contributed by atoms with Crippen LogP contribution in [0.1, 0.15) is 16.1 Å². The molecule has 0 atom stereocenters. The predicted octanol–water partition coefficient (Wildman–Crippen LogP) is 2.06. The van der Waals surface area contributed by atoms with Gasteiger partial charge in [0, 0.05) is 13.6 Å². The van der Waals surface area contributed by atoms with Crippen molar-refractivity contribution in [3.63, 3.8) is 0 Å². The molecule has 0 fully saturated rings. The van der Waals surface area contributed by atoms with Gasteiger partial charge in [-0.2, -0.15) is 0 Å². The highest BCUT2D eigenvalue weighted by Crippen LogP contribution is 2.11. The lowest BCUT2D eigenvalue weighted by Gasteiger charge is -2.06. The van der Waals surface area contributed by atoms with E-state index in [1.165, 1.54) is 0 Å². The third-order valence-corrected chi connectivity index (χ3v) is 2.90. The molecule has 0 unspecified atom stereocenters. The van der Waals surface area contributed by atoms with Gasteiger partial charge < -0.3 is 15.4 Å². The van der Waals surface area contributed by atoms with Gasteiger partial charge in [-0.05, 0) is 29.8 Å². The topological polar surface area (TPSA) is 63.2 Å². The minimum atomic E-state index is -0.191. The second-order valence-corrected chi connectivity index (χ2v) is 4.21. The number of amides is 1. The van der Waals surface area contributed by atoms with Crippen LogP contribution in [0.5, 0.6) is 5.75 Å². The van der Waals surface area contributed by atoms with Crippen LogP contribution >= 0.6 is 0 Å². The van der Waals surface area contributed by atoms with Crippen molar-refractivity contribution in [3.8, 4) is 5.75 Å². The average Bonchev–Trinajstić information content (AvgIpc) is 2.53. The number of rotatable bonds is 5. The number of anilines is 1. The van der Waals surface area contributed by atoms with Gasteiger partial charge in [-0.1, -0.05) is 12.1 Å². The smallest absolute Gasteiger partial charge is 0.270 e. The van der Waals surface area contributed by atoms with Crippen LogP contribution in [0.15, 0.2) is 42.6 Å². The maximum Gasteiger partial charge on any atom is 0.270 e. The Kier molecular flexibility index (Phi) is 4.55. The molecule has 0 aliphatic heterocycles. The first-order chi connectivity index (χ1) is 9.72. The van der Waals surface area contributed by atoms with Crippen molar-refractivity contribution >= 4 is 11.6 Å². The number of aromatic nitrogens is 1. The predicted molar refractivity (Wildman–Crippen MR) is 77.9 cm³/mol. The number of hydrogen-bond acceptors (Lipinski definition) is 4. The van der Waals surface area contributed by atoms with Gasteiger partial charge in [0.15, 0.2) is 0 Å². The van der Waals surface area contributed by atoms with E-state index in [0.717, 1.165) is 17.0 Å². The summed E-state index contributed by atoms with van der Waals surface area (Å²) < 4.78 is 5.08. The molecule has 1 aromatic carbocycles. The maximum absolute atomic E-state index is 11.9. The molecule has 0 saturated heterocycles. The van der Waals surface area contributed by atoms with Crippen molar-refractivity contribution in [2.24, 2.45) is 0 Å². The summed E-state index contributed by atoms with van der Waals surface area (Å²) in [6, 6.07) is 11.1. The first kappa shape index (κ1) is 13.9. The summed E-state index contributed by atoms with van der Waals surface area (Å²) in [7, 11) is 3.43. The summed E-state index contributed by atoms with van der Waals surface area (Å²) in [5.74, 6) is 0.605. The van der Waals surface area contributed by atoms with Crippen molar-refractivity contribution in [2.75, 3.05) is 19.5 Å². The Labute approximate surface area is 118 Å². The zero-order valence-corrected chi connectivity index (χ0v) is 11.5. The van der Waals surface area contributed by atoms with E-state index in [9.17, 15) is 4.79 Å². The largest absolute Gasteiger partial charge is 0.497 e. The molecule has 20 heavy (non-hydrogen) atoms. The molecular formula is C15H17N3O2. The average molecular weight is 271 g/mol. The number of methoxy groups -OCH3 is 1. The number of pyridine rings is 1. The highest BCUT2D eigenvalue weighted by atomic mass is 16.5. The van der Waals surface area contributed by atoms with Gasteiger partial charge >= 0.3 is 0 Å². The van der Waals surface area contributed by atoms with Crippen molar-refractivity contribution < 1.29 is 9.53 Å². The number of nitrogens with one attached hydrogen (secondary N) is 2. The molecule has 5 nitrogen and oxygen atoms in total. The van der Waals surface area contributed by atoms with Crippen LogP contribution in [-0.4, -0.2) is 25.0 Å². The van der Waals surface area contributed by atoms with Gasteiger partial charge in [0.1, 0.15) is 11.4 Å². The number of benzene rings is 1. The molecule has 5 heteroatoms. The van der Waals surface area contributed by atoms with E-state index >= 15 is 0 Å². The van der Waals surface area contributed by atoms with Crippen LogP contribution in [0.25, 0.3) is 0 Å². The standard InChI is InChI=1S/C15H17N3O2/c1-16-12-5-8-14(17-10-12)15(19)18-9-11-3-6-13(20-2)7-4-11/h3-8,10,16H,9H2,1-2H3,(H,18,19). The fourth-order valence-corrected chi connectivity index (χ4v) is 1.69. The number of hydrogen-bond donors (Lipinski definition) is 2. The van der Waals surface area contributed by atoms with Gasteiger partial charge in [0.05, 0.1) is 19.0 Å². The summed E-state index contributed by atoms with van der Waals surface area (Å²) in [6.07, 6.45) is 1.63. The Morgan fingerprint density at radius 2 is 1.95 bits per heavy atom. The molecule has 2 N–H and O–H groups in total. The van der Waals surface area contributed by atoms with Crippen molar-refractivity contribution in [1.82, 2.24) is 10.3 Å². The molecule has 0 saturated carbocycles. The van der Waals surface area contributed by atoms with Gasteiger partial charge in [-0.25, -0.2) is 4.98 Å². The van der Waals surface area contributed by atoms with Crippen molar-refractivity contribution in [2.45, 2.75) is 6.54 Å². The molecule has 0 aliphatic carbocycles. The lowest BCUT2D eigenvalue weighted by atomic mass is 10.2. The molecule has 0 spiro atoms. The third kappa shape index (κ3) is 3.47. The van der Waals surface area contributed by atoms with Crippen molar-refractivity contribution in [1.29, 1.82) is 0 Å². The SMILES string of the molecule is CNc1ccc(C(=O)NCc2ccc(OC)cc2)nc1. The number of carbonyl (C=O) groups is 1. The summed E-state index contributed by atoms with van der Waals surface area (Å²) in [4.78, 5) is 16.0. The maximum atomic E-state index is 11.9. The molecule has 1 amide bonds. The second-order valence-electron chi connectivity index (χ2n) is 4.21. The van der Waals surface area contributed by atoms with Crippen LogP contribution in [0.4, 0.5) is 5.69 Å². The van der Waals surface area contributed by atoms with E-state index in [-0.39, 0.29) is 5.91 Å². The normalized spacial score (nSPS) is 9.90. The minimum absolute atomic E-state index is 0.191. The first-order valence-electron chi connectivity index (χ1n) is 6.28. The van der Waals surface area contributed by atoms with Gasteiger partial charge in [-0.15, -0.1) is 0 Å². The van der Waals surface area contributed by atoms with Gasteiger partial charge in [-0.3, -0.25) is 4.79 Å². The Morgan fingerprint density at radius 3 is 2.50 bits per heavy atom. The summed E-state index contributed by atoms with van der Waals surface area (Å²) in [6.45, 7) is 0.457. The summed E-state index contributed by atoms with van der Waals surface area (Å²) in [5, 5.41) is 5.78. The molecule has 2 aromatic rings. The lowest BCUT2D eigenvalue weighted by molar-refractivity contribution is 0.0946. The number of nitrogens with zero attached hydrogens (tertiary/aromatic N) is 1. The van der Waals surface area contributed by atoms with E-state index in [2.05, 4.69) is 15.6 Å². The molecule has 1 heterocycles. The van der Waals surface area contributed by atoms with E-state index < -0.39 is 0 Å². The zero-order valence-electron chi connectivity index (χ0n) is 11.5. The van der Waals surface area contributed by atoms with E-state index in [0.29, 0.717) is 12.2 Å². The molecule has 1 aromatic heterocycles. The fraction of sp³-hybridized carbons (Fsp3) is 0.200. The number of ether oxygens (including phenoxy) is 1. The molecule has 2 rings (SSSR count). The van der Waals surface area contributed by atoms with Crippen LogP contribution in [-0.2, 0) is 6.54 Å². The van der Waals surface area contributed by atoms with Crippen LogP contribution in [0.2, 0.25) is 0 Å². The first-order valence-corrected chi connectivity index (χ1v) is 6.28. The van der Waals surface area contributed by atoms with Gasteiger partial charge in [0.2, 0.25) is 0 Å². The minimum Gasteiger partial charge on any atom is -0.497 e. The fourth-order valence-electron chi connectivity index (χ4n) is 1.69. The highest BCUT2D eigenvalue weighted by molar-refractivity contribution is 5.92. The van der Waals surface area contributed by atoms with Gasteiger partial charge in [0.25, 0.3) is 5.91 Å². The van der Waals surface area contributed by atoms with E-state index in [4.69, 9.17) is 4.74 Å². The third-order valence-electron chi connectivity index (χ3n) is 2.90. The lowest BCUT2D eigenvalue weighted by Crippen LogP contribution is -2.23. The van der Waals surface area contributed by atoms with Crippen LogP contribution in [0.3, 0.4) is 0 Å². The molecular weight excluding hydrogens is 254 g/mol. The quantitative estimate of drug-likeness (QED) is 0.873. The Morgan fingerprint density at radius 1 is 1.20 bits per heavy atom. The molecule has 0 radical (unpaired) electrons. The summed E-state index contributed by atoms with van der Waals surface area (Å²) >= 11 is 0. The number of carbonyl (C=O) groups excluding carboxylic acids is 1. The second kappa shape index (κ2) is 6.56. The van der Waals surface area contributed by atoms with Crippen molar-refractivity contribution in [3.05, 3.63) is 53.9 Å².